The van der Waals surface area contributed by atoms with Crippen LogP contribution in [0.3, 0.4) is 0 Å². The zero-order valence-corrected chi connectivity index (χ0v) is 8.33. The van der Waals surface area contributed by atoms with Crippen LogP contribution in [0, 0.1) is 5.41 Å². The van der Waals surface area contributed by atoms with Crippen molar-refractivity contribution in [3.05, 3.63) is 0 Å². The molecule has 0 aromatic rings. The summed E-state index contributed by atoms with van der Waals surface area (Å²) in [6, 6.07) is 0.410. The first-order valence-corrected chi connectivity index (χ1v) is 4.43. The van der Waals surface area contributed by atoms with E-state index in [1.54, 1.807) is 0 Å². The van der Waals surface area contributed by atoms with Crippen LogP contribution in [0.1, 0.15) is 27.2 Å². The molecule has 0 radical (unpaired) electrons. The van der Waals surface area contributed by atoms with Gasteiger partial charge in [0.2, 0.25) is 1.43 Å². The fraction of sp³-hybridized carbons (Fsp3) is 1.00. The lowest BCUT2D eigenvalue weighted by molar-refractivity contribution is -0.164. The summed E-state index contributed by atoms with van der Waals surface area (Å²) in [5.74, 6) is 0. The van der Waals surface area contributed by atoms with Gasteiger partial charge in [-0.2, -0.15) is 5.06 Å². The van der Waals surface area contributed by atoms with Crippen molar-refractivity contribution in [1.29, 1.82) is 1.43 Å². The first-order chi connectivity index (χ1) is 5.95. The number of hydroxylamine groups is 2. The second-order valence-corrected chi connectivity index (χ2v) is 4.56. The first kappa shape index (κ1) is 8.48. The largest absolute Gasteiger partial charge is 0.394 e. The summed E-state index contributed by atoms with van der Waals surface area (Å²) in [4.78, 5) is 5.53. The molecule has 1 heterocycles. The van der Waals surface area contributed by atoms with Crippen molar-refractivity contribution in [3.63, 3.8) is 0 Å². The number of rotatable bonds is 2. The van der Waals surface area contributed by atoms with E-state index < -0.39 is 0 Å². The Bertz CT molecular complexity index is 169. The van der Waals surface area contributed by atoms with Gasteiger partial charge in [0.15, 0.2) is 0 Å². The zero-order valence-electron chi connectivity index (χ0n) is 9.33. The molecule has 0 bridgehead atoms. The Morgan fingerprint density at radius 1 is 1.67 bits per heavy atom. The van der Waals surface area contributed by atoms with E-state index in [0.717, 1.165) is 6.42 Å². The molecule has 1 saturated heterocycles. The Morgan fingerprint density at radius 3 is 2.75 bits per heavy atom. The third-order valence-electron chi connectivity index (χ3n) is 2.43. The molecule has 1 N–H and O–H groups in total. The minimum absolute atomic E-state index is 0.0479. The van der Waals surface area contributed by atoms with Gasteiger partial charge in [0.1, 0.15) is 6.10 Å². The number of hydrogen-bond donors (Lipinski definition) is 1. The number of aliphatic hydroxyl groups is 1. The molecule has 72 valence electrons. The molecule has 3 heteroatoms. The van der Waals surface area contributed by atoms with Crippen LogP contribution >= 0.6 is 0 Å². The fourth-order valence-electron chi connectivity index (χ4n) is 1.75. The van der Waals surface area contributed by atoms with Crippen LogP contribution in [0.2, 0.25) is 0 Å². The molecule has 12 heavy (non-hydrogen) atoms. The molecule has 0 amide bonds. The quantitative estimate of drug-likeness (QED) is 0.678. The van der Waals surface area contributed by atoms with Crippen molar-refractivity contribution in [2.75, 3.05) is 13.7 Å². The van der Waals surface area contributed by atoms with Gasteiger partial charge in [-0.05, 0) is 11.8 Å². The maximum Gasteiger partial charge on any atom is 0.210 e. The highest BCUT2D eigenvalue weighted by Gasteiger charge is 2.37. The Labute approximate surface area is 75.8 Å². The predicted octanol–water partition coefficient (Wildman–Crippen LogP) is 1.03. The summed E-state index contributed by atoms with van der Waals surface area (Å²) in [6.07, 6.45) is 0.991. The first-order valence-electron chi connectivity index (χ1n) is 4.83. The van der Waals surface area contributed by atoms with E-state index in [0.29, 0.717) is 12.6 Å². The maximum atomic E-state index is 6.66. The van der Waals surface area contributed by atoms with Crippen molar-refractivity contribution < 1.29 is 9.95 Å². The lowest BCUT2D eigenvalue weighted by Crippen LogP contribution is -2.35. The second-order valence-electron chi connectivity index (χ2n) is 4.56. The van der Waals surface area contributed by atoms with E-state index in [9.17, 15) is 0 Å². The highest BCUT2D eigenvalue weighted by Crippen LogP contribution is 2.32. The van der Waals surface area contributed by atoms with Crippen LogP contribution in [0.5, 0.6) is 0 Å². The van der Waals surface area contributed by atoms with E-state index in [4.69, 9.17) is 6.27 Å². The van der Waals surface area contributed by atoms with Gasteiger partial charge in [0.25, 0.3) is 0 Å². The zero-order chi connectivity index (χ0) is 10.1. The van der Waals surface area contributed by atoms with Gasteiger partial charge in [-0.25, -0.2) is 0 Å². The van der Waals surface area contributed by atoms with Crippen LogP contribution < -0.4 is 0 Å². The summed E-state index contributed by atoms with van der Waals surface area (Å²) in [5, 5.41) is 6.23. The molecule has 1 aliphatic rings. The lowest BCUT2D eigenvalue weighted by Gasteiger charge is -2.30. The normalized spacial score (nSPS) is 33.8. The van der Waals surface area contributed by atoms with Gasteiger partial charge < -0.3 is 5.11 Å². The molecule has 0 aromatic heterocycles. The minimum atomic E-state index is 0.0479. The molecule has 2 unspecified atom stereocenters. The van der Waals surface area contributed by atoms with Crippen LogP contribution in [0.25, 0.3) is 0 Å². The van der Waals surface area contributed by atoms with Crippen molar-refractivity contribution in [3.8, 4) is 0 Å². The van der Waals surface area contributed by atoms with Gasteiger partial charge in [-0.1, -0.05) is 20.8 Å². The van der Waals surface area contributed by atoms with Gasteiger partial charge >= 0.3 is 0 Å². The minimum Gasteiger partial charge on any atom is -0.394 e. The van der Waals surface area contributed by atoms with E-state index in [2.05, 4.69) is 25.9 Å². The highest BCUT2D eigenvalue weighted by molar-refractivity contribution is 4.85. The summed E-state index contributed by atoms with van der Waals surface area (Å²) in [7, 11) is 1.94. The van der Waals surface area contributed by atoms with Crippen molar-refractivity contribution in [2.45, 2.75) is 39.3 Å². The molecule has 0 aromatic carbocycles. The monoisotopic (exact) mass is 174 g/mol. The Morgan fingerprint density at radius 2 is 2.33 bits per heavy atom. The molecule has 2 atom stereocenters. The number of hydrogen-bond acceptors (Lipinski definition) is 3. The van der Waals surface area contributed by atoms with Gasteiger partial charge in [0.05, 0.1) is 6.61 Å². The summed E-state index contributed by atoms with van der Waals surface area (Å²) < 4.78 is 6.66. The maximum absolute atomic E-state index is 6.66. The summed E-state index contributed by atoms with van der Waals surface area (Å²) >= 11 is 0. The third kappa shape index (κ3) is 1.97. The molecule has 0 aliphatic carbocycles. The number of nitrogens with zero attached hydrogens (tertiary/aromatic N) is 1. The van der Waals surface area contributed by atoms with E-state index in [1.807, 2.05) is 12.1 Å². The Hall–Kier alpha value is -0.120. The van der Waals surface area contributed by atoms with Crippen LogP contribution in [-0.2, 0) is 4.84 Å². The third-order valence-corrected chi connectivity index (χ3v) is 2.43. The molecule has 0 saturated carbocycles. The van der Waals surface area contributed by atoms with Crippen molar-refractivity contribution >= 4 is 0 Å². The molecular weight excluding hydrogens is 154 g/mol. The average Bonchev–Trinajstić information content (AvgIpc) is 2.30. The molecule has 1 fully saturated rings. The smallest absolute Gasteiger partial charge is 0.210 e. The highest BCUT2D eigenvalue weighted by atomic mass is 16.7. The topological polar surface area (TPSA) is 32.7 Å². The van der Waals surface area contributed by atoms with Gasteiger partial charge in [-0.3, -0.25) is 4.84 Å². The van der Waals surface area contributed by atoms with Crippen LogP contribution in [0.15, 0.2) is 0 Å². The predicted molar refractivity (Wildman–Crippen MR) is 47.6 cm³/mol. The molecular formula is C9H19NO2. The Balaban J connectivity index is 2.51. The second kappa shape index (κ2) is 3.32. The van der Waals surface area contributed by atoms with Crippen LogP contribution in [-0.4, -0.2) is 37.4 Å². The molecule has 0 spiro atoms. The molecule has 3 nitrogen and oxygen atoms in total. The summed E-state index contributed by atoms with van der Waals surface area (Å²) in [5.41, 5.74) is 0.214. The fourth-order valence-corrected chi connectivity index (χ4v) is 1.75. The standard InChI is InChI=1S/C9H19NO2/c1-9(2,3)8-5-7(6-11)12-10(8)4/h7-8,11H,5-6H2,1-4H3/i11D. The number of aliphatic hydroxyl groups excluding tert-OH is 1. The van der Waals surface area contributed by atoms with Gasteiger partial charge in [-0.15, -0.1) is 0 Å². The van der Waals surface area contributed by atoms with E-state index >= 15 is 0 Å². The van der Waals surface area contributed by atoms with E-state index in [-0.39, 0.29) is 11.5 Å². The lowest BCUT2D eigenvalue weighted by atomic mass is 9.84. The average molecular weight is 174 g/mol. The van der Waals surface area contributed by atoms with Crippen molar-refractivity contribution in [2.24, 2.45) is 5.41 Å². The summed E-state index contributed by atoms with van der Waals surface area (Å²) in [6.45, 7) is 6.95. The van der Waals surface area contributed by atoms with E-state index in [1.165, 1.54) is 0 Å². The SMILES string of the molecule is [2H]OCC1CC(C(C)(C)C)N(C)O1. The Kier molecular flexibility index (Phi) is 2.35. The molecule has 1 aliphatic heterocycles. The molecule has 1 rings (SSSR count). The van der Waals surface area contributed by atoms with Gasteiger partial charge in [0, 0.05) is 13.1 Å². The van der Waals surface area contributed by atoms with Crippen molar-refractivity contribution in [1.82, 2.24) is 5.06 Å². The van der Waals surface area contributed by atoms with Crippen LogP contribution in [0.4, 0.5) is 0 Å².